The summed E-state index contributed by atoms with van der Waals surface area (Å²) >= 11 is 0. The van der Waals surface area contributed by atoms with Crippen LogP contribution in [0.3, 0.4) is 0 Å². The van der Waals surface area contributed by atoms with Gasteiger partial charge in [0.15, 0.2) is 0 Å². The lowest BCUT2D eigenvalue weighted by molar-refractivity contribution is -0.137. The molecule has 1 rings (SSSR count). The first-order valence-corrected chi connectivity index (χ1v) is 7.96. The van der Waals surface area contributed by atoms with E-state index in [4.69, 9.17) is 0 Å². The summed E-state index contributed by atoms with van der Waals surface area (Å²) in [7, 11) is 7.29. The molecule has 0 aliphatic heterocycles. The lowest BCUT2D eigenvalue weighted by atomic mass is 10.0. The van der Waals surface area contributed by atoms with E-state index in [1.54, 1.807) is 36.4 Å². The quantitative estimate of drug-likeness (QED) is 0.535. The first kappa shape index (κ1) is 21.7. The number of rotatable bonds is 9. The molecule has 5 nitrogen and oxygen atoms in total. The number of likely N-dealkylation sites (N-methyl/N-ethyl adjacent to an activating group) is 1. The number of halogens is 3. The van der Waals surface area contributed by atoms with Crippen LogP contribution in [0.25, 0.3) is 0 Å². The fraction of sp³-hybridized carbons (Fsp3) is 0.389. The predicted octanol–water partition coefficient (Wildman–Crippen LogP) is 3.32. The zero-order chi connectivity index (χ0) is 19.9. The highest BCUT2D eigenvalue weighted by atomic mass is 19.4. The predicted molar refractivity (Wildman–Crippen MR) is 99.2 cm³/mol. The smallest absolute Gasteiger partial charge is 0.301 e. The molecule has 8 heteroatoms. The zero-order valence-electron chi connectivity index (χ0n) is 15.6. The minimum atomic E-state index is -4.33. The molecule has 0 aromatic heterocycles. The number of hydrazine groups is 1. The Morgan fingerprint density at radius 1 is 1.19 bits per heavy atom. The van der Waals surface area contributed by atoms with Crippen LogP contribution in [-0.4, -0.2) is 55.9 Å². The molecule has 0 spiro atoms. The van der Waals surface area contributed by atoms with Crippen molar-refractivity contribution in [3.05, 3.63) is 60.4 Å². The van der Waals surface area contributed by atoms with Crippen LogP contribution in [0.4, 0.5) is 13.2 Å². The van der Waals surface area contributed by atoms with E-state index in [0.29, 0.717) is 12.4 Å². The van der Waals surface area contributed by atoms with Crippen molar-refractivity contribution in [3.8, 4) is 0 Å². The van der Waals surface area contributed by atoms with E-state index in [-0.39, 0.29) is 6.04 Å². The van der Waals surface area contributed by atoms with Gasteiger partial charge in [-0.05, 0) is 37.9 Å². The van der Waals surface area contributed by atoms with Crippen LogP contribution in [-0.2, 0) is 6.18 Å². The molecule has 1 aromatic carbocycles. The number of hydrogen-bond donors (Lipinski definition) is 1. The second kappa shape index (κ2) is 9.40. The Morgan fingerprint density at radius 3 is 2.23 bits per heavy atom. The highest BCUT2D eigenvalue weighted by molar-refractivity contribution is 5.69. The second-order valence-electron chi connectivity index (χ2n) is 5.96. The minimum Gasteiger partial charge on any atom is -0.301 e. The van der Waals surface area contributed by atoms with E-state index < -0.39 is 11.7 Å². The van der Waals surface area contributed by atoms with Crippen LogP contribution in [0.1, 0.15) is 17.2 Å². The van der Waals surface area contributed by atoms with Gasteiger partial charge < -0.3 is 4.90 Å². The molecule has 144 valence electrons. The number of hydrazone groups is 1. The maximum atomic E-state index is 12.7. The topological polar surface area (TPSA) is 34.1 Å². The minimum absolute atomic E-state index is 0.116. The highest BCUT2D eigenvalue weighted by Crippen LogP contribution is 2.30. The Kier molecular flexibility index (Phi) is 7.85. The van der Waals surface area contributed by atoms with E-state index in [1.807, 2.05) is 19.0 Å². The van der Waals surface area contributed by atoms with Crippen molar-refractivity contribution in [2.45, 2.75) is 12.2 Å². The molecule has 0 bridgehead atoms. The number of nitrogens with zero attached hydrogens (tertiary/aromatic N) is 4. The second-order valence-corrected chi connectivity index (χ2v) is 5.96. The monoisotopic (exact) mass is 369 g/mol. The highest BCUT2D eigenvalue weighted by Gasteiger charge is 2.30. The third-order valence-electron chi connectivity index (χ3n) is 3.87. The van der Waals surface area contributed by atoms with E-state index >= 15 is 0 Å². The van der Waals surface area contributed by atoms with Crippen LogP contribution in [0, 0.1) is 0 Å². The van der Waals surface area contributed by atoms with Gasteiger partial charge in [0.05, 0.1) is 5.56 Å². The van der Waals surface area contributed by atoms with E-state index in [2.05, 4.69) is 23.7 Å². The van der Waals surface area contributed by atoms with E-state index in [1.165, 1.54) is 12.1 Å². The van der Waals surface area contributed by atoms with Crippen molar-refractivity contribution < 1.29 is 13.2 Å². The van der Waals surface area contributed by atoms with Crippen molar-refractivity contribution in [1.82, 2.24) is 20.3 Å². The van der Waals surface area contributed by atoms with Gasteiger partial charge in [0.1, 0.15) is 5.82 Å². The summed E-state index contributed by atoms with van der Waals surface area (Å²) in [5, 5.41) is 7.40. The van der Waals surface area contributed by atoms with Gasteiger partial charge in [-0.1, -0.05) is 25.3 Å². The standard InChI is InChI=1S/C18H26F3N5/c1-7-12-22-25(5)14(2)26(6)23-13-17(24(3)4)15-8-10-16(11-9-15)18(19,20)21/h7-12,17,23H,1-2,13H2,3-6H3/b22-12-. The molecule has 0 aliphatic rings. The molecule has 26 heavy (non-hydrogen) atoms. The largest absolute Gasteiger partial charge is 0.416 e. The summed E-state index contributed by atoms with van der Waals surface area (Å²) in [6.45, 7) is 7.98. The fourth-order valence-electron chi connectivity index (χ4n) is 2.24. The van der Waals surface area contributed by atoms with Crippen molar-refractivity contribution in [1.29, 1.82) is 0 Å². The summed E-state index contributed by atoms with van der Waals surface area (Å²) in [6, 6.07) is 5.10. The SMILES string of the molecule is C=C/C=N\N(C)C(=C)N(C)NCC(c1ccc(C(F)(F)F)cc1)N(C)C. The van der Waals surface area contributed by atoms with Gasteiger partial charge >= 0.3 is 6.18 Å². The molecule has 1 N–H and O–H groups in total. The van der Waals surface area contributed by atoms with Crippen LogP contribution in [0.2, 0.25) is 0 Å². The zero-order valence-corrected chi connectivity index (χ0v) is 15.6. The van der Waals surface area contributed by atoms with Crippen LogP contribution >= 0.6 is 0 Å². The molecule has 0 radical (unpaired) electrons. The summed E-state index contributed by atoms with van der Waals surface area (Å²) in [5.41, 5.74) is 3.32. The molecule has 1 aromatic rings. The van der Waals surface area contributed by atoms with Gasteiger partial charge in [-0.3, -0.25) is 10.0 Å². The third kappa shape index (κ3) is 6.20. The van der Waals surface area contributed by atoms with Gasteiger partial charge in [0.25, 0.3) is 0 Å². The number of hydrogen-bond acceptors (Lipinski definition) is 5. The van der Waals surface area contributed by atoms with Crippen molar-refractivity contribution in [2.75, 3.05) is 34.7 Å². The van der Waals surface area contributed by atoms with Gasteiger partial charge in [0, 0.05) is 32.9 Å². The molecule has 1 unspecified atom stereocenters. The molecule has 0 fully saturated rings. The molecule has 0 amide bonds. The van der Waals surface area contributed by atoms with Crippen molar-refractivity contribution >= 4 is 6.21 Å². The molecular formula is C18H26F3N5. The van der Waals surface area contributed by atoms with Gasteiger partial charge in [-0.25, -0.2) is 5.43 Å². The van der Waals surface area contributed by atoms with E-state index in [9.17, 15) is 13.2 Å². The third-order valence-corrected chi connectivity index (χ3v) is 3.87. The van der Waals surface area contributed by atoms with Crippen LogP contribution < -0.4 is 5.43 Å². The van der Waals surface area contributed by atoms with E-state index in [0.717, 1.165) is 17.7 Å². The number of allylic oxidation sites excluding steroid dienone is 1. The number of nitrogens with one attached hydrogen (secondary N) is 1. The summed E-state index contributed by atoms with van der Waals surface area (Å²) in [6.07, 6.45) is -1.23. The lowest BCUT2D eigenvalue weighted by Crippen LogP contribution is -2.42. The molecule has 0 saturated heterocycles. The molecular weight excluding hydrogens is 343 g/mol. The summed E-state index contributed by atoms with van der Waals surface area (Å²) < 4.78 is 38.2. The molecule has 0 heterocycles. The van der Waals surface area contributed by atoms with Crippen molar-refractivity contribution in [3.63, 3.8) is 0 Å². The van der Waals surface area contributed by atoms with Crippen LogP contribution in [0.5, 0.6) is 0 Å². The van der Waals surface area contributed by atoms with Gasteiger partial charge in [-0.2, -0.15) is 18.3 Å². The summed E-state index contributed by atoms with van der Waals surface area (Å²) in [5.74, 6) is 0.605. The fourth-order valence-corrected chi connectivity index (χ4v) is 2.24. The average molecular weight is 369 g/mol. The Labute approximate surface area is 153 Å². The molecule has 1 atom stereocenters. The molecule has 0 aliphatic carbocycles. The maximum Gasteiger partial charge on any atom is 0.416 e. The van der Waals surface area contributed by atoms with Crippen molar-refractivity contribution in [2.24, 2.45) is 5.10 Å². The molecule has 0 saturated carbocycles. The number of alkyl halides is 3. The van der Waals surface area contributed by atoms with Gasteiger partial charge in [-0.15, -0.1) is 0 Å². The Bertz CT molecular complexity index is 623. The van der Waals surface area contributed by atoms with Crippen LogP contribution in [0.15, 0.2) is 54.4 Å². The normalized spacial score (nSPS) is 13.1. The first-order chi connectivity index (χ1) is 12.1. The maximum absolute atomic E-state index is 12.7. The average Bonchev–Trinajstić information content (AvgIpc) is 2.58. The number of benzene rings is 1. The Morgan fingerprint density at radius 2 is 1.77 bits per heavy atom. The first-order valence-electron chi connectivity index (χ1n) is 7.96. The lowest BCUT2D eigenvalue weighted by Gasteiger charge is -2.31. The Hall–Kier alpha value is -2.32. The van der Waals surface area contributed by atoms with Gasteiger partial charge in [0.2, 0.25) is 0 Å². The summed E-state index contributed by atoms with van der Waals surface area (Å²) in [4.78, 5) is 1.94. The Balaban J connectivity index is 2.78.